The highest BCUT2D eigenvalue weighted by atomic mass is 16.6. The number of amides is 1. The van der Waals surface area contributed by atoms with Crippen LogP contribution in [0.5, 0.6) is 0 Å². The first-order valence-corrected chi connectivity index (χ1v) is 8.41. The van der Waals surface area contributed by atoms with E-state index in [4.69, 9.17) is 4.74 Å². The molecule has 23 heavy (non-hydrogen) atoms. The average Bonchev–Trinajstić information content (AvgIpc) is 2.81. The molecule has 0 aliphatic carbocycles. The Bertz CT molecular complexity index is 570. The number of nitrogens with zero attached hydrogens (tertiary/aromatic N) is 4. The fourth-order valence-corrected chi connectivity index (χ4v) is 3.39. The summed E-state index contributed by atoms with van der Waals surface area (Å²) in [6.07, 6.45) is 5.52. The van der Waals surface area contributed by atoms with Gasteiger partial charge < -0.3 is 9.64 Å². The molecule has 1 atom stereocenters. The first-order valence-electron chi connectivity index (χ1n) is 8.41. The number of carbonyl (C=O) groups excluding carboxylic acids is 1. The van der Waals surface area contributed by atoms with Crippen molar-refractivity contribution in [3.8, 4) is 0 Å². The lowest BCUT2D eigenvalue weighted by atomic mass is 9.94. The van der Waals surface area contributed by atoms with Crippen molar-refractivity contribution < 1.29 is 9.53 Å². The van der Waals surface area contributed by atoms with E-state index in [0.717, 1.165) is 25.2 Å². The summed E-state index contributed by atoms with van der Waals surface area (Å²) in [5.41, 5.74) is 0.636. The van der Waals surface area contributed by atoms with Crippen molar-refractivity contribution in [2.75, 3.05) is 24.6 Å². The van der Waals surface area contributed by atoms with Gasteiger partial charge in [0.2, 0.25) is 0 Å². The lowest BCUT2D eigenvalue weighted by Gasteiger charge is -2.35. The smallest absolute Gasteiger partial charge is 0.416 e. The lowest BCUT2D eigenvalue weighted by Crippen LogP contribution is -2.42. The number of carbonyl (C=O) groups is 1. The maximum atomic E-state index is 11.9. The molecular weight excluding hydrogens is 292 g/mol. The fraction of sp³-hybridized carbons (Fsp3) is 0.706. The predicted molar refractivity (Wildman–Crippen MR) is 88.6 cm³/mol. The highest BCUT2D eigenvalue weighted by molar-refractivity contribution is 5.89. The number of aromatic nitrogens is 2. The molecule has 0 radical (unpaired) electrons. The Balaban J connectivity index is 1.76. The minimum Gasteiger partial charge on any atom is -0.447 e. The van der Waals surface area contributed by atoms with E-state index in [1.54, 1.807) is 11.1 Å². The number of hydrogen-bond donors (Lipinski definition) is 0. The van der Waals surface area contributed by atoms with Crippen molar-refractivity contribution in [3.63, 3.8) is 0 Å². The van der Waals surface area contributed by atoms with Crippen LogP contribution in [-0.2, 0) is 4.74 Å². The predicted octanol–water partition coefficient (Wildman–Crippen LogP) is 2.80. The largest absolute Gasteiger partial charge is 0.447 e. The zero-order valence-corrected chi connectivity index (χ0v) is 14.5. The SMILES string of the molecule is CC(C)N1CCCC(c2cnc(N3C(=O)OCC3(C)C)cn2)C1. The van der Waals surface area contributed by atoms with Gasteiger partial charge in [0, 0.05) is 18.5 Å². The Labute approximate surface area is 137 Å². The summed E-state index contributed by atoms with van der Waals surface area (Å²) < 4.78 is 5.13. The molecule has 0 bridgehead atoms. The molecule has 1 unspecified atom stereocenters. The van der Waals surface area contributed by atoms with E-state index in [-0.39, 0.29) is 11.6 Å². The van der Waals surface area contributed by atoms with Crippen LogP contribution in [0.3, 0.4) is 0 Å². The molecule has 2 aliphatic heterocycles. The Morgan fingerprint density at radius 2 is 2.09 bits per heavy atom. The van der Waals surface area contributed by atoms with Crippen LogP contribution < -0.4 is 4.90 Å². The number of rotatable bonds is 3. The molecule has 2 aliphatic rings. The van der Waals surface area contributed by atoms with Crippen LogP contribution in [0.1, 0.15) is 52.1 Å². The summed E-state index contributed by atoms with van der Waals surface area (Å²) >= 11 is 0. The second kappa shape index (κ2) is 6.07. The van der Waals surface area contributed by atoms with Crippen molar-refractivity contribution >= 4 is 11.9 Å². The summed E-state index contributed by atoms with van der Waals surface area (Å²) in [7, 11) is 0. The van der Waals surface area contributed by atoms with Gasteiger partial charge in [0.25, 0.3) is 0 Å². The van der Waals surface area contributed by atoms with E-state index in [1.165, 1.54) is 6.42 Å². The van der Waals surface area contributed by atoms with Gasteiger partial charge in [0.1, 0.15) is 6.61 Å². The van der Waals surface area contributed by atoms with Gasteiger partial charge in [-0.3, -0.25) is 9.88 Å². The van der Waals surface area contributed by atoms with E-state index < -0.39 is 0 Å². The van der Waals surface area contributed by atoms with Crippen LogP contribution in [-0.4, -0.2) is 52.2 Å². The van der Waals surface area contributed by atoms with Crippen LogP contribution in [0.2, 0.25) is 0 Å². The summed E-state index contributed by atoms with van der Waals surface area (Å²) in [6, 6.07) is 0.560. The quantitative estimate of drug-likeness (QED) is 0.857. The second-order valence-electron chi connectivity index (χ2n) is 7.43. The molecule has 1 amide bonds. The van der Waals surface area contributed by atoms with Crippen molar-refractivity contribution in [2.45, 2.75) is 58.0 Å². The number of cyclic esters (lactones) is 1. The summed E-state index contributed by atoms with van der Waals surface area (Å²) in [4.78, 5) is 25.1. The fourth-order valence-electron chi connectivity index (χ4n) is 3.39. The zero-order chi connectivity index (χ0) is 16.6. The monoisotopic (exact) mass is 318 g/mol. The average molecular weight is 318 g/mol. The van der Waals surface area contributed by atoms with E-state index in [1.807, 2.05) is 20.0 Å². The Hall–Kier alpha value is -1.69. The number of ether oxygens (including phenoxy) is 1. The molecule has 3 heterocycles. The molecular formula is C17H26N4O2. The molecule has 6 heteroatoms. The van der Waals surface area contributed by atoms with Gasteiger partial charge in [0.15, 0.2) is 5.82 Å². The van der Waals surface area contributed by atoms with Crippen LogP contribution in [0.25, 0.3) is 0 Å². The molecule has 2 fully saturated rings. The zero-order valence-electron chi connectivity index (χ0n) is 14.5. The Kier molecular flexibility index (Phi) is 4.27. The van der Waals surface area contributed by atoms with Crippen molar-refractivity contribution in [1.29, 1.82) is 0 Å². The molecule has 0 aromatic carbocycles. The molecule has 0 saturated carbocycles. The van der Waals surface area contributed by atoms with Crippen molar-refractivity contribution in [1.82, 2.24) is 14.9 Å². The molecule has 1 aromatic heterocycles. The van der Waals surface area contributed by atoms with Crippen LogP contribution in [0.4, 0.5) is 10.6 Å². The molecule has 126 valence electrons. The Morgan fingerprint density at radius 1 is 1.30 bits per heavy atom. The van der Waals surface area contributed by atoms with Gasteiger partial charge in [-0.25, -0.2) is 9.78 Å². The number of anilines is 1. The van der Waals surface area contributed by atoms with Gasteiger partial charge in [-0.15, -0.1) is 0 Å². The van der Waals surface area contributed by atoms with Gasteiger partial charge in [-0.05, 0) is 47.1 Å². The third-order valence-electron chi connectivity index (χ3n) is 4.83. The van der Waals surface area contributed by atoms with Crippen molar-refractivity contribution in [3.05, 3.63) is 18.1 Å². The third-order valence-corrected chi connectivity index (χ3v) is 4.83. The molecule has 6 nitrogen and oxygen atoms in total. The van der Waals surface area contributed by atoms with Gasteiger partial charge in [-0.1, -0.05) is 0 Å². The molecule has 3 rings (SSSR count). The van der Waals surface area contributed by atoms with E-state index >= 15 is 0 Å². The first-order chi connectivity index (χ1) is 10.9. The highest BCUT2D eigenvalue weighted by Gasteiger charge is 2.42. The highest BCUT2D eigenvalue weighted by Crippen LogP contribution is 2.30. The number of hydrogen-bond acceptors (Lipinski definition) is 5. The molecule has 0 spiro atoms. The number of piperidine rings is 1. The minimum atomic E-state index is -0.382. The van der Waals surface area contributed by atoms with Gasteiger partial charge in [-0.2, -0.15) is 0 Å². The second-order valence-corrected chi connectivity index (χ2v) is 7.43. The van der Waals surface area contributed by atoms with Crippen LogP contribution >= 0.6 is 0 Å². The van der Waals surface area contributed by atoms with E-state index in [2.05, 4.69) is 28.7 Å². The maximum absolute atomic E-state index is 11.9. The third kappa shape index (κ3) is 3.17. The van der Waals surface area contributed by atoms with Gasteiger partial charge in [0.05, 0.1) is 23.6 Å². The summed E-state index contributed by atoms with van der Waals surface area (Å²) in [5, 5.41) is 0. The summed E-state index contributed by atoms with van der Waals surface area (Å²) in [6.45, 7) is 11.0. The minimum absolute atomic E-state index is 0.347. The van der Waals surface area contributed by atoms with Crippen molar-refractivity contribution in [2.24, 2.45) is 0 Å². The molecule has 2 saturated heterocycles. The first kappa shape index (κ1) is 16.2. The van der Waals surface area contributed by atoms with Crippen LogP contribution in [0.15, 0.2) is 12.4 Å². The topological polar surface area (TPSA) is 58.6 Å². The lowest BCUT2D eigenvalue weighted by molar-refractivity contribution is 0.166. The Morgan fingerprint density at radius 3 is 2.65 bits per heavy atom. The molecule has 1 aromatic rings. The normalized spacial score (nSPS) is 25.0. The maximum Gasteiger partial charge on any atom is 0.416 e. The van der Waals surface area contributed by atoms with E-state index in [9.17, 15) is 4.79 Å². The summed E-state index contributed by atoms with van der Waals surface area (Å²) in [5.74, 6) is 0.990. The standard InChI is InChI=1S/C17H26N4O2/c1-12(2)20-7-5-6-13(10-20)14-8-19-15(9-18-14)21-16(22)23-11-17(21,3)4/h8-9,12-13H,5-7,10-11H2,1-4H3. The van der Waals surface area contributed by atoms with Gasteiger partial charge >= 0.3 is 6.09 Å². The number of likely N-dealkylation sites (tertiary alicyclic amines) is 1. The van der Waals surface area contributed by atoms with E-state index in [0.29, 0.717) is 24.4 Å². The van der Waals surface area contributed by atoms with Crippen LogP contribution in [0, 0.1) is 0 Å². The molecule has 0 N–H and O–H groups in total.